The number of para-hydroxylation sites is 1. The first-order chi connectivity index (χ1) is 15.6. The average Bonchev–Trinajstić information content (AvgIpc) is 3.57. The lowest BCUT2D eigenvalue weighted by atomic mass is 10.0. The summed E-state index contributed by atoms with van der Waals surface area (Å²) in [5.74, 6) is -0.0480. The van der Waals surface area contributed by atoms with Crippen molar-refractivity contribution in [2.24, 2.45) is 7.05 Å². The number of H-pyrrole nitrogens is 1. The molecular weight excluding hydrogens is 442 g/mol. The van der Waals surface area contributed by atoms with Crippen molar-refractivity contribution < 1.29 is 4.79 Å². The lowest BCUT2D eigenvalue weighted by Gasteiger charge is -2.33. The average molecular weight is 462 g/mol. The van der Waals surface area contributed by atoms with Crippen LogP contribution in [0.15, 0.2) is 43.0 Å². The monoisotopic (exact) mass is 461 g/mol. The van der Waals surface area contributed by atoms with Crippen molar-refractivity contribution in [2.75, 3.05) is 6.54 Å². The van der Waals surface area contributed by atoms with Crippen molar-refractivity contribution in [2.45, 2.75) is 19.4 Å². The second-order valence-electron chi connectivity index (χ2n) is 7.77. The topological polar surface area (TPSA) is 92.6 Å². The maximum Gasteiger partial charge on any atom is 0.266 e. The molecule has 1 aromatic carbocycles. The van der Waals surface area contributed by atoms with Crippen LogP contribution in [-0.2, 0) is 13.5 Å². The van der Waals surface area contributed by atoms with E-state index in [2.05, 4.69) is 26.1 Å². The number of amides is 1. The number of thiazole rings is 2. The van der Waals surface area contributed by atoms with Gasteiger partial charge in [0.25, 0.3) is 5.91 Å². The van der Waals surface area contributed by atoms with Gasteiger partial charge in [0, 0.05) is 31.9 Å². The van der Waals surface area contributed by atoms with Crippen molar-refractivity contribution in [3.8, 4) is 10.6 Å². The molecule has 0 unspecified atom stereocenters. The zero-order valence-corrected chi connectivity index (χ0v) is 19.1. The molecule has 1 N–H and O–H groups in total. The highest BCUT2D eigenvalue weighted by atomic mass is 32.1. The molecule has 0 fully saturated rings. The Bertz CT molecular complexity index is 1430. The van der Waals surface area contributed by atoms with Gasteiger partial charge in [-0.3, -0.25) is 9.48 Å². The van der Waals surface area contributed by atoms with Crippen LogP contribution in [0.3, 0.4) is 0 Å². The maximum absolute atomic E-state index is 13.7. The van der Waals surface area contributed by atoms with E-state index in [1.807, 2.05) is 43.3 Å². The van der Waals surface area contributed by atoms with E-state index in [-0.39, 0.29) is 11.9 Å². The largest absolute Gasteiger partial charge is 0.348 e. The fourth-order valence-electron chi connectivity index (χ4n) is 4.20. The number of imidazole rings is 1. The number of aromatic amines is 1. The van der Waals surface area contributed by atoms with Crippen LogP contribution in [-0.4, -0.2) is 47.1 Å². The van der Waals surface area contributed by atoms with Gasteiger partial charge in [-0.2, -0.15) is 5.10 Å². The lowest BCUT2D eigenvalue weighted by Crippen LogP contribution is -2.40. The van der Waals surface area contributed by atoms with E-state index < -0.39 is 0 Å². The Morgan fingerprint density at radius 1 is 1.22 bits per heavy atom. The second-order valence-corrected chi connectivity index (χ2v) is 9.86. The van der Waals surface area contributed by atoms with Gasteiger partial charge < -0.3 is 9.88 Å². The third kappa shape index (κ3) is 3.06. The van der Waals surface area contributed by atoms with E-state index >= 15 is 0 Å². The number of benzene rings is 1. The van der Waals surface area contributed by atoms with Crippen molar-refractivity contribution in [3.63, 3.8) is 0 Å². The zero-order chi connectivity index (χ0) is 21.8. The molecule has 0 bridgehead atoms. The number of rotatable bonds is 3. The molecule has 10 heteroatoms. The van der Waals surface area contributed by atoms with Gasteiger partial charge in [0.05, 0.1) is 39.7 Å². The van der Waals surface area contributed by atoms with Crippen LogP contribution < -0.4 is 0 Å². The molecule has 0 saturated carbocycles. The Hall–Kier alpha value is -3.37. The van der Waals surface area contributed by atoms with Crippen LogP contribution in [0.1, 0.15) is 37.8 Å². The minimum atomic E-state index is -0.319. The molecule has 1 amide bonds. The first kappa shape index (κ1) is 19.3. The second kappa shape index (κ2) is 7.35. The first-order valence-electron chi connectivity index (χ1n) is 10.2. The molecule has 0 aliphatic carbocycles. The van der Waals surface area contributed by atoms with Crippen LogP contribution in [0.4, 0.5) is 0 Å². The molecule has 0 saturated heterocycles. The normalized spacial score (nSPS) is 15.9. The Kier molecular flexibility index (Phi) is 4.44. The van der Waals surface area contributed by atoms with Crippen LogP contribution in [0.2, 0.25) is 0 Å². The summed E-state index contributed by atoms with van der Waals surface area (Å²) in [6.07, 6.45) is 6.04. The molecule has 1 aliphatic heterocycles. The number of hydrogen-bond donors (Lipinski definition) is 1. The number of aryl methyl sites for hydroxylation is 2. The van der Waals surface area contributed by atoms with E-state index in [0.29, 0.717) is 11.4 Å². The predicted molar refractivity (Wildman–Crippen MR) is 124 cm³/mol. The van der Waals surface area contributed by atoms with E-state index in [1.54, 1.807) is 28.5 Å². The molecule has 32 heavy (non-hydrogen) atoms. The van der Waals surface area contributed by atoms with Gasteiger partial charge in [0.2, 0.25) is 0 Å². The summed E-state index contributed by atoms with van der Waals surface area (Å²) in [7, 11) is 1.88. The number of aromatic nitrogens is 6. The first-order valence-corrected chi connectivity index (χ1v) is 11.9. The molecule has 1 atom stereocenters. The third-order valence-electron chi connectivity index (χ3n) is 5.69. The highest BCUT2D eigenvalue weighted by molar-refractivity contribution is 7.18. The summed E-state index contributed by atoms with van der Waals surface area (Å²) < 4.78 is 2.87. The number of hydrogen-bond acceptors (Lipinski definition) is 7. The standard InChI is InChI=1S/C22H19N7OS2/c1-12-13(10-28(2)27-12)20-23-9-17(32-20)22(30)29-8-7-15-18(25-11-24-15)19(29)21-26-14-5-3-4-6-16(14)31-21/h3-6,9-11,19H,7-8H2,1-2H3,(H,24,25)/t19-/m0/s1. The van der Waals surface area contributed by atoms with Crippen LogP contribution in [0.5, 0.6) is 0 Å². The van der Waals surface area contributed by atoms with Gasteiger partial charge in [-0.25, -0.2) is 15.0 Å². The van der Waals surface area contributed by atoms with Crippen molar-refractivity contribution in [1.29, 1.82) is 0 Å². The van der Waals surface area contributed by atoms with Gasteiger partial charge in [0.15, 0.2) is 0 Å². The quantitative estimate of drug-likeness (QED) is 0.439. The van der Waals surface area contributed by atoms with Gasteiger partial charge >= 0.3 is 0 Å². The smallest absolute Gasteiger partial charge is 0.266 e. The molecule has 5 heterocycles. The predicted octanol–water partition coefficient (Wildman–Crippen LogP) is 3.97. The van der Waals surface area contributed by atoms with Crippen LogP contribution in [0, 0.1) is 6.92 Å². The molecule has 8 nitrogen and oxygen atoms in total. The molecular formula is C22H19N7OS2. The number of carbonyl (C=O) groups is 1. The molecule has 160 valence electrons. The fraction of sp³-hybridized carbons (Fsp3) is 0.227. The van der Waals surface area contributed by atoms with E-state index in [1.165, 1.54) is 11.3 Å². The molecule has 0 spiro atoms. The van der Waals surface area contributed by atoms with Gasteiger partial charge in [0.1, 0.15) is 20.9 Å². The van der Waals surface area contributed by atoms with E-state index in [4.69, 9.17) is 4.98 Å². The summed E-state index contributed by atoms with van der Waals surface area (Å²) in [6.45, 7) is 2.54. The molecule has 1 aliphatic rings. The van der Waals surface area contributed by atoms with Gasteiger partial charge in [-0.1, -0.05) is 12.1 Å². The van der Waals surface area contributed by atoms with E-state index in [0.717, 1.165) is 49.3 Å². The fourth-order valence-corrected chi connectivity index (χ4v) is 6.22. The minimum absolute atomic E-state index is 0.0480. The number of carbonyl (C=O) groups excluding carboxylic acids is 1. The van der Waals surface area contributed by atoms with Gasteiger partial charge in [-0.15, -0.1) is 22.7 Å². The highest BCUT2D eigenvalue weighted by Crippen LogP contribution is 2.39. The Morgan fingerprint density at radius 2 is 2.09 bits per heavy atom. The molecule has 0 radical (unpaired) electrons. The lowest BCUT2D eigenvalue weighted by molar-refractivity contribution is 0.0695. The Morgan fingerprint density at radius 3 is 2.91 bits per heavy atom. The summed E-state index contributed by atoms with van der Waals surface area (Å²) in [4.78, 5) is 33.4. The molecule has 4 aromatic heterocycles. The maximum atomic E-state index is 13.7. The third-order valence-corrected chi connectivity index (χ3v) is 7.80. The summed E-state index contributed by atoms with van der Waals surface area (Å²) >= 11 is 3.01. The van der Waals surface area contributed by atoms with E-state index in [9.17, 15) is 4.79 Å². The summed E-state index contributed by atoms with van der Waals surface area (Å²) in [5, 5.41) is 6.07. The number of fused-ring (bicyclic) bond motifs is 2. The summed E-state index contributed by atoms with van der Waals surface area (Å²) in [6, 6.07) is 7.73. The van der Waals surface area contributed by atoms with Crippen LogP contribution >= 0.6 is 22.7 Å². The molecule has 6 rings (SSSR count). The van der Waals surface area contributed by atoms with Crippen molar-refractivity contribution >= 4 is 38.8 Å². The number of nitrogens with zero attached hydrogens (tertiary/aromatic N) is 6. The Labute approximate surface area is 191 Å². The Balaban J connectivity index is 1.40. The molecule has 5 aromatic rings. The zero-order valence-electron chi connectivity index (χ0n) is 17.4. The summed E-state index contributed by atoms with van der Waals surface area (Å²) in [5.41, 5.74) is 4.72. The highest BCUT2D eigenvalue weighted by Gasteiger charge is 2.37. The minimum Gasteiger partial charge on any atom is -0.348 e. The van der Waals surface area contributed by atoms with Crippen molar-refractivity contribution in [3.05, 3.63) is 70.0 Å². The van der Waals surface area contributed by atoms with Gasteiger partial charge in [-0.05, 0) is 19.1 Å². The number of nitrogens with one attached hydrogen (secondary N) is 1. The van der Waals surface area contributed by atoms with Crippen molar-refractivity contribution in [1.82, 2.24) is 34.6 Å². The SMILES string of the molecule is Cc1nn(C)cc1-c1ncc(C(=O)N2CCc3[nH]cnc3[C@H]2c2nc3ccccc3s2)s1. The van der Waals surface area contributed by atoms with Crippen LogP contribution in [0.25, 0.3) is 20.8 Å².